The maximum atomic E-state index is 15.2. The van der Waals surface area contributed by atoms with E-state index in [1.165, 1.54) is 30.5 Å². The summed E-state index contributed by atoms with van der Waals surface area (Å²) in [4.78, 5) is 42.9. The summed E-state index contributed by atoms with van der Waals surface area (Å²) >= 11 is 0. The lowest BCUT2D eigenvalue weighted by Crippen LogP contribution is -2.39. The Labute approximate surface area is 255 Å². The van der Waals surface area contributed by atoms with Gasteiger partial charge in [-0.05, 0) is 69.3 Å². The molecular formula is C32H28F2N4O7. The second kappa shape index (κ2) is 13.3. The molecule has 3 aromatic carbocycles. The van der Waals surface area contributed by atoms with E-state index in [4.69, 9.17) is 18.9 Å². The molecule has 0 saturated carbocycles. The van der Waals surface area contributed by atoms with Gasteiger partial charge < -0.3 is 18.9 Å². The van der Waals surface area contributed by atoms with E-state index in [1.54, 1.807) is 25.1 Å². The molecule has 5 rings (SSSR count). The first-order chi connectivity index (χ1) is 21.7. The topological polar surface area (TPSA) is 123 Å². The van der Waals surface area contributed by atoms with Gasteiger partial charge in [0.1, 0.15) is 11.6 Å². The van der Waals surface area contributed by atoms with Gasteiger partial charge in [0.15, 0.2) is 23.1 Å². The summed E-state index contributed by atoms with van der Waals surface area (Å²) in [5.74, 6) is -0.639. The number of anilines is 1. The highest BCUT2D eigenvalue weighted by Gasteiger charge is 2.18. The number of rotatable bonds is 10. The van der Waals surface area contributed by atoms with Gasteiger partial charge in [0, 0.05) is 35.9 Å². The van der Waals surface area contributed by atoms with Gasteiger partial charge >= 0.3 is 17.3 Å². The second-order valence-electron chi connectivity index (χ2n) is 9.43. The molecular weight excluding hydrogens is 590 g/mol. The number of halogens is 2. The number of aromatic nitrogens is 3. The number of benzene rings is 3. The number of nitrogens with one attached hydrogen (secondary N) is 1. The van der Waals surface area contributed by atoms with Crippen molar-refractivity contribution < 1.29 is 32.5 Å². The monoisotopic (exact) mass is 618 g/mol. The van der Waals surface area contributed by atoms with Crippen molar-refractivity contribution >= 4 is 22.7 Å². The average Bonchev–Trinajstić information content (AvgIpc) is 3.01. The van der Waals surface area contributed by atoms with Crippen LogP contribution in [0.4, 0.5) is 19.3 Å². The van der Waals surface area contributed by atoms with Crippen LogP contribution in [0.3, 0.4) is 0 Å². The van der Waals surface area contributed by atoms with Gasteiger partial charge in [-0.1, -0.05) is 0 Å². The van der Waals surface area contributed by atoms with E-state index in [9.17, 15) is 18.8 Å². The van der Waals surface area contributed by atoms with Crippen molar-refractivity contribution in [2.75, 3.05) is 18.5 Å². The number of nitrogens with zero attached hydrogens (tertiary/aromatic N) is 3. The van der Waals surface area contributed by atoms with E-state index in [-0.39, 0.29) is 23.7 Å². The van der Waals surface area contributed by atoms with Gasteiger partial charge in [-0.15, -0.1) is 0 Å². The number of carbonyl (C=O) groups excluding carboxylic acids is 1. The number of ether oxygens (including phenoxy) is 4. The molecule has 45 heavy (non-hydrogen) atoms. The third-order valence-electron chi connectivity index (χ3n) is 6.52. The molecule has 0 unspecified atom stereocenters. The molecule has 0 saturated heterocycles. The predicted octanol–water partition coefficient (Wildman–Crippen LogP) is 6.05. The highest BCUT2D eigenvalue weighted by Crippen LogP contribution is 2.38. The van der Waals surface area contributed by atoms with Crippen molar-refractivity contribution in [3.63, 3.8) is 0 Å². The molecule has 13 heteroatoms. The molecule has 232 valence electrons. The summed E-state index contributed by atoms with van der Waals surface area (Å²) in [5.41, 5.74) is -0.999. The lowest BCUT2D eigenvalue weighted by molar-refractivity contribution is 0.213. The lowest BCUT2D eigenvalue weighted by Gasteiger charge is -2.15. The fraction of sp³-hybridized carbons (Fsp3) is 0.188. The van der Waals surface area contributed by atoms with Crippen LogP contribution in [0.2, 0.25) is 0 Å². The zero-order valence-corrected chi connectivity index (χ0v) is 24.5. The Morgan fingerprint density at radius 1 is 0.844 bits per heavy atom. The van der Waals surface area contributed by atoms with Gasteiger partial charge in [-0.3, -0.25) is 19.7 Å². The van der Waals surface area contributed by atoms with Crippen LogP contribution >= 0.6 is 0 Å². The molecule has 2 heterocycles. The van der Waals surface area contributed by atoms with Crippen LogP contribution in [0, 0.1) is 11.6 Å². The van der Waals surface area contributed by atoms with Crippen molar-refractivity contribution in [3.8, 4) is 34.4 Å². The smallest absolute Gasteiger partial charge is 0.417 e. The number of aryl methyl sites for hydroxylation is 1. The Morgan fingerprint density at radius 3 is 2.22 bits per heavy atom. The van der Waals surface area contributed by atoms with Crippen molar-refractivity contribution in [3.05, 3.63) is 106 Å². The van der Waals surface area contributed by atoms with E-state index in [2.05, 4.69) is 10.3 Å². The molecule has 0 fully saturated rings. The standard InChI is InChI=1S/C32H28F2N4O7/c1-4-37-18-29(30(39)38(32(37)41)21-10-7-19(33)8-11-21)45-31(40)36-20-9-12-26(23(34)15-20)44-25-13-14-35-24-17-28(43-6-3)27(42-5-2)16-22(24)25/h7-18H,4-6H2,1-3H3,(H,36,40). The van der Waals surface area contributed by atoms with E-state index < -0.39 is 34.7 Å². The Hall–Kier alpha value is -5.72. The second-order valence-corrected chi connectivity index (χ2v) is 9.43. The van der Waals surface area contributed by atoms with Crippen LogP contribution in [-0.4, -0.2) is 33.4 Å². The maximum Gasteiger partial charge on any atom is 0.417 e. The largest absolute Gasteiger partial charge is 0.490 e. The minimum Gasteiger partial charge on any atom is -0.490 e. The van der Waals surface area contributed by atoms with Crippen LogP contribution in [0.15, 0.2) is 82.6 Å². The molecule has 0 radical (unpaired) electrons. The van der Waals surface area contributed by atoms with Crippen molar-refractivity contribution in [1.82, 2.24) is 14.1 Å². The molecule has 2 aromatic heterocycles. The van der Waals surface area contributed by atoms with Gasteiger partial charge in [-0.25, -0.2) is 22.9 Å². The molecule has 1 amide bonds. The van der Waals surface area contributed by atoms with Gasteiger partial charge in [0.25, 0.3) is 0 Å². The zero-order valence-electron chi connectivity index (χ0n) is 24.5. The lowest BCUT2D eigenvalue weighted by atomic mass is 10.1. The third kappa shape index (κ3) is 6.61. The number of hydrogen-bond donors (Lipinski definition) is 1. The normalized spacial score (nSPS) is 10.9. The first-order valence-electron chi connectivity index (χ1n) is 14.0. The molecule has 0 aliphatic rings. The highest BCUT2D eigenvalue weighted by molar-refractivity contribution is 5.89. The fourth-order valence-electron chi connectivity index (χ4n) is 4.47. The Kier molecular flexibility index (Phi) is 9.07. The molecule has 0 bridgehead atoms. The SMILES string of the molecule is CCOc1cc2nccc(Oc3ccc(NC(=O)Oc4cn(CC)c(=O)n(-c5ccc(F)cc5)c4=O)cc3F)c2cc1OCC. The van der Waals surface area contributed by atoms with Crippen LogP contribution in [0.1, 0.15) is 20.8 Å². The van der Waals surface area contributed by atoms with Crippen LogP contribution in [0.5, 0.6) is 28.7 Å². The average molecular weight is 619 g/mol. The van der Waals surface area contributed by atoms with E-state index >= 15 is 4.39 Å². The highest BCUT2D eigenvalue weighted by atomic mass is 19.1. The molecule has 1 N–H and O–H groups in total. The first kappa shape index (κ1) is 30.7. The summed E-state index contributed by atoms with van der Waals surface area (Å²) in [6, 6.07) is 13.4. The number of amides is 1. The summed E-state index contributed by atoms with van der Waals surface area (Å²) in [7, 11) is 0. The van der Waals surface area contributed by atoms with Gasteiger partial charge in [0.2, 0.25) is 5.75 Å². The zero-order chi connectivity index (χ0) is 32.1. The quantitative estimate of drug-likeness (QED) is 0.201. The number of carbonyl (C=O) groups is 1. The minimum absolute atomic E-state index is 0.00657. The van der Waals surface area contributed by atoms with Crippen molar-refractivity contribution in [2.45, 2.75) is 27.3 Å². The number of pyridine rings is 1. The van der Waals surface area contributed by atoms with Crippen LogP contribution in [-0.2, 0) is 6.54 Å². The number of fused-ring (bicyclic) bond motifs is 1. The van der Waals surface area contributed by atoms with Gasteiger partial charge in [-0.2, -0.15) is 0 Å². The van der Waals surface area contributed by atoms with Gasteiger partial charge in [0.05, 0.1) is 30.6 Å². The molecule has 5 aromatic rings. The first-order valence-corrected chi connectivity index (χ1v) is 14.0. The summed E-state index contributed by atoms with van der Waals surface area (Å²) in [5, 5.41) is 2.92. The molecule has 0 aliphatic heterocycles. The Balaban J connectivity index is 1.36. The summed E-state index contributed by atoms with van der Waals surface area (Å²) in [6.45, 7) is 6.34. The van der Waals surface area contributed by atoms with E-state index in [1.807, 2.05) is 13.8 Å². The van der Waals surface area contributed by atoms with E-state index in [0.717, 1.165) is 33.5 Å². The van der Waals surface area contributed by atoms with E-state index in [0.29, 0.717) is 41.4 Å². The van der Waals surface area contributed by atoms with Crippen LogP contribution in [0.25, 0.3) is 16.6 Å². The maximum absolute atomic E-state index is 15.2. The molecule has 0 aliphatic carbocycles. The number of hydrogen-bond acceptors (Lipinski definition) is 8. The van der Waals surface area contributed by atoms with Crippen molar-refractivity contribution in [1.29, 1.82) is 0 Å². The molecule has 0 atom stereocenters. The third-order valence-corrected chi connectivity index (χ3v) is 6.52. The minimum atomic E-state index is -1.11. The van der Waals surface area contributed by atoms with Crippen LogP contribution < -0.4 is 35.5 Å². The Morgan fingerprint density at radius 2 is 1.56 bits per heavy atom. The predicted molar refractivity (Wildman–Crippen MR) is 162 cm³/mol. The summed E-state index contributed by atoms with van der Waals surface area (Å²) in [6.07, 6.45) is 1.50. The molecule has 11 nitrogen and oxygen atoms in total. The fourth-order valence-corrected chi connectivity index (χ4v) is 4.47. The molecule has 0 spiro atoms. The summed E-state index contributed by atoms with van der Waals surface area (Å²) < 4.78 is 52.9. The Bertz CT molecular complexity index is 1990. The van der Waals surface area contributed by atoms with Crippen molar-refractivity contribution in [2.24, 2.45) is 0 Å².